The molecule has 0 bridgehead atoms. The number of benzene rings is 1. The zero-order chi connectivity index (χ0) is 13.3. The SMILES string of the molecule is CC1NC(=O)CCN(c2ccc(F)c(Cl)c2)C1=O. The smallest absolute Gasteiger partial charge is 0.249 e. The predicted octanol–water partition coefficient (Wildman–Crippen LogP) is 1.72. The minimum atomic E-state index is -0.594. The van der Waals surface area contributed by atoms with Crippen LogP contribution in [-0.4, -0.2) is 24.4 Å². The van der Waals surface area contributed by atoms with Crippen molar-refractivity contribution in [3.05, 3.63) is 29.0 Å². The Hall–Kier alpha value is -1.62. The monoisotopic (exact) mass is 270 g/mol. The molecule has 2 amide bonds. The zero-order valence-electron chi connectivity index (χ0n) is 9.74. The maximum atomic E-state index is 13.1. The minimum Gasteiger partial charge on any atom is -0.345 e. The van der Waals surface area contributed by atoms with Crippen molar-refractivity contribution in [1.82, 2.24) is 5.32 Å². The van der Waals surface area contributed by atoms with E-state index in [-0.39, 0.29) is 29.8 Å². The summed E-state index contributed by atoms with van der Waals surface area (Å²) >= 11 is 5.69. The van der Waals surface area contributed by atoms with Crippen LogP contribution < -0.4 is 10.2 Å². The zero-order valence-corrected chi connectivity index (χ0v) is 10.5. The van der Waals surface area contributed by atoms with Gasteiger partial charge in [-0.05, 0) is 25.1 Å². The Balaban J connectivity index is 2.33. The summed E-state index contributed by atoms with van der Waals surface area (Å²) < 4.78 is 13.1. The predicted molar refractivity (Wildman–Crippen MR) is 66.0 cm³/mol. The third kappa shape index (κ3) is 2.46. The molecule has 1 atom stereocenters. The maximum absolute atomic E-state index is 13.1. The Labute approximate surface area is 109 Å². The molecule has 1 aromatic rings. The number of carbonyl (C=O) groups excluding carboxylic acids is 2. The molecule has 6 heteroatoms. The molecule has 1 heterocycles. The van der Waals surface area contributed by atoms with Gasteiger partial charge in [0.25, 0.3) is 0 Å². The first-order valence-corrected chi connectivity index (χ1v) is 5.92. The van der Waals surface area contributed by atoms with E-state index in [1.54, 1.807) is 6.92 Å². The van der Waals surface area contributed by atoms with Gasteiger partial charge in [-0.15, -0.1) is 0 Å². The van der Waals surface area contributed by atoms with E-state index in [9.17, 15) is 14.0 Å². The molecule has 2 rings (SSSR count). The molecule has 1 fully saturated rings. The molecule has 1 N–H and O–H groups in total. The van der Waals surface area contributed by atoms with E-state index in [1.807, 2.05) is 0 Å². The molecular weight excluding hydrogens is 259 g/mol. The van der Waals surface area contributed by atoms with Gasteiger partial charge in [-0.25, -0.2) is 4.39 Å². The number of rotatable bonds is 1. The molecule has 0 aromatic heterocycles. The van der Waals surface area contributed by atoms with Gasteiger partial charge in [-0.3, -0.25) is 9.59 Å². The highest BCUT2D eigenvalue weighted by Gasteiger charge is 2.27. The molecule has 18 heavy (non-hydrogen) atoms. The fourth-order valence-corrected chi connectivity index (χ4v) is 2.02. The van der Waals surface area contributed by atoms with Gasteiger partial charge in [0.15, 0.2) is 0 Å². The maximum Gasteiger partial charge on any atom is 0.249 e. The Kier molecular flexibility index (Phi) is 3.52. The summed E-state index contributed by atoms with van der Waals surface area (Å²) in [6.45, 7) is 1.88. The average molecular weight is 271 g/mol. The Bertz CT molecular complexity index is 507. The molecular formula is C12H12ClFN2O2. The lowest BCUT2D eigenvalue weighted by molar-refractivity contribution is -0.125. The largest absolute Gasteiger partial charge is 0.345 e. The van der Waals surface area contributed by atoms with Crippen molar-refractivity contribution in [2.24, 2.45) is 0 Å². The molecule has 4 nitrogen and oxygen atoms in total. The van der Waals surface area contributed by atoms with Crippen LogP contribution in [0.2, 0.25) is 5.02 Å². The van der Waals surface area contributed by atoms with Crippen molar-refractivity contribution >= 4 is 29.1 Å². The number of nitrogens with one attached hydrogen (secondary N) is 1. The first kappa shape index (κ1) is 12.8. The van der Waals surface area contributed by atoms with Crippen LogP contribution in [0.15, 0.2) is 18.2 Å². The second-order valence-electron chi connectivity index (χ2n) is 4.13. The highest BCUT2D eigenvalue weighted by Crippen LogP contribution is 2.24. The number of amides is 2. The standard InChI is InChI=1S/C12H12ClFN2O2/c1-7-12(18)16(5-4-11(17)15-7)8-2-3-10(14)9(13)6-8/h2-3,6-7H,4-5H2,1H3,(H,15,17). The molecule has 1 aliphatic heterocycles. The van der Waals surface area contributed by atoms with E-state index in [0.29, 0.717) is 5.69 Å². The topological polar surface area (TPSA) is 49.4 Å². The van der Waals surface area contributed by atoms with Gasteiger partial charge < -0.3 is 10.2 Å². The normalized spacial score (nSPS) is 20.6. The quantitative estimate of drug-likeness (QED) is 0.845. The number of halogens is 2. The average Bonchev–Trinajstić information content (AvgIpc) is 2.44. The van der Waals surface area contributed by atoms with Crippen LogP contribution in [0.5, 0.6) is 0 Å². The van der Waals surface area contributed by atoms with Gasteiger partial charge in [-0.2, -0.15) is 0 Å². The molecule has 1 saturated heterocycles. The summed E-state index contributed by atoms with van der Waals surface area (Å²) in [7, 11) is 0. The third-order valence-corrected chi connectivity index (χ3v) is 3.08. The Morgan fingerprint density at radius 1 is 1.44 bits per heavy atom. The first-order chi connectivity index (χ1) is 8.49. The van der Waals surface area contributed by atoms with Crippen LogP contribution in [0.25, 0.3) is 0 Å². The molecule has 0 aliphatic carbocycles. The second kappa shape index (κ2) is 4.94. The van der Waals surface area contributed by atoms with Crippen LogP contribution in [0.4, 0.5) is 10.1 Å². The highest BCUT2D eigenvalue weighted by atomic mass is 35.5. The molecule has 1 unspecified atom stereocenters. The van der Waals surface area contributed by atoms with E-state index < -0.39 is 11.9 Å². The lowest BCUT2D eigenvalue weighted by atomic mass is 10.2. The first-order valence-electron chi connectivity index (χ1n) is 5.55. The second-order valence-corrected chi connectivity index (χ2v) is 4.53. The minimum absolute atomic E-state index is 0.0449. The van der Waals surface area contributed by atoms with Crippen molar-refractivity contribution in [2.75, 3.05) is 11.4 Å². The van der Waals surface area contributed by atoms with Crippen LogP contribution in [-0.2, 0) is 9.59 Å². The number of hydrogen-bond donors (Lipinski definition) is 1. The Morgan fingerprint density at radius 2 is 2.17 bits per heavy atom. The number of nitrogens with zero attached hydrogens (tertiary/aromatic N) is 1. The van der Waals surface area contributed by atoms with E-state index >= 15 is 0 Å². The van der Waals surface area contributed by atoms with Gasteiger partial charge >= 0.3 is 0 Å². The van der Waals surface area contributed by atoms with Gasteiger partial charge in [0, 0.05) is 18.7 Å². The fraction of sp³-hybridized carbons (Fsp3) is 0.333. The molecule has 1 aliphatic rings. The molecule has 96 valence electrons. The molecule has 0 radical (unpaired) electrons. The molecule has 1 aromatic carbocycles. The summed E-state index contributed by atoms with van der Waals surface area (Å²) in [5, 5.41) is 2.54. The van der Waals surface area contributed by atoms with E-state index in [2.05, 4.69) is 5.32 Å². The van der Waals surface area contributed by atoms with E-state index in [0.717, 1.165) is 0 Å². The van der Waals surface area contributed by atoms with Crippen LogP contribution in [0.1, 0.15) is 13.3 Å². The van der Waals surface area contributed by atoms with Crippen molar-refractivity contribution in [3.8, 4) is 0 Å². The summed E-state index contributed by atoms with van der Waals surface area (Å²) in [4.78, 5) is 24.9. The number of carbonyl (C=O) groups is 2. The third-order valence-electron chi connectivity index (χ3n) is 2.79. The lowest BCUT2D eigenvalue weighted by Gasteiger charge is -2.22. The molecule has 0 saturated carbocycles. The number of hydrogen-bond acceptors (Lipinski definition) is 2. The van der Waals surface area contributed by atoms with Crippen molar-refractivity contribution in [3.63, 3.8) is 0 Å². The fourth-order valence-electron chi connectivity index (χ4n) is 1.84. The van der Waals surface area contributed by atoms with Gasteiger partial charge in [0.1, 0.15) is 11.9 Å². The summed E-state index contributed by atoms with van der Waals surface area (Å²) in [6, 6.07) is 3.47. The number of anilines is 1. The van der Waals surface area contributed by atoms with Crippen LogP contribution >= 0.6 is 11.6 Å². The van der Waals surface area contributed by atoms with Gasteiger partial charge in [0.05, 0.1) is 5.02 Å². The van der Waals surface area contributed by atoms with E-state index in [1.165, 1.54) is 23.1 Å². The van der Waals surface area contributed by atoms with Crippen molar-refractivity contribution < 1.29 is 14.0 Å². The lowest BCUT2D eigenvalue weighted by Crippen LogP contribution is -2.42. The summed E-state index contributed by atoms with van der Waals surface area (Å²) in [5.74, 6) is -0.944. The molecule has 0 spiro atoms. The van der Waals surface area contributed by atoms with Crippen molar-refractivity contribution in [1.29, 1.82) is 0 Å². The Morgan fingerprint density at radius 3 is 2.83 bits per heavy atom. The van der Waals surface area contributed by atoms with Crippen molar-refractivity contribution in [2.45, 2.75) is 19.4 Å². The van der Waals surface area contributed by atoms with E-state index in [4.69, 9.17) is 11.6 Å². The van der Waals surface area contributed by atoms with Crippen LogP contribution in [0, 0.1) is 5.82 Å². The summed E-state index contributed by atoms with van der Waals surface area (Å²) in [6.07, 6.45) is 0.213. The van der Waals surface area contributed by atoms with Gasteiger partial charge in [-0.1, -0.05) is 11.6 Å². The highest BCUT2D eigenvalue weighted by molar-refractivity contribution is 6.31. The van der Waals surface area contributed by atoms with Gasteiger partial charge in [0.2, 0.25) is 11.8 Å². The van der Waals surface area contributed by atoms with Crippen LogP contribution in [0.3, 0.4) is 0 Å². The summed E-state index contributed by atoms with van der Waals surface area (Å²) in [5.41, 5.74) is 0.495.